The number of aryl methyl sites for hydroxylation is 1. The third kappa shape index (κ3) is 4.04. The molecule has 0 aromatic heterocycles. The molecule has 1 aliphatic rings. The minimum Gasteiger partial charge on any atom is -0.396 e. The standard InChI is InChI=1S/C15H23NO3S/c17-12-9-15-8-4-5-11-16(15)20(18,19)13-10-14-6-2-1-3-7-14/h1-3,6-7,15,17H,4-5,8-13H2. The van der Waals surface area contributed by atoms with Crippen molar-refractivity contribution in [3.8, 4) is 0 Å². The third-order valence-corrected chi connectivity index (χ3v) is 5.80. The molecule has 1 unspecified atom stereocenters. The highest BCUT2D eigenvalue weighted by atomic mass is 32.2. The van der Waals surface area contributed by atoms with Gasteiger partial charge in [-0.3, -0.25) is 0 Å². The first kappa shape index (κ1) is 15.5. The van der Waals surface area contributed by atoms with Crippen LogP contribution in [-0.4, -0.2) is 42.8 Å². The van der Waals surface area contributed by atoms with Crippen LogP contribution in [0.3, 0.4) is 0 Å². The summed E-state index contributed by atoms with van der Waals surface area (Å²) < 4.78 is 26.6. The lowest BCUT2D eigenvalue weighted by molar-refractivity contribution is 0.192. The average Bonchev–Trinajstić information content (AvgIpc) is 2.47. The quantitative estimate of drug-likeness (QED) is 0.871. The third-order valence-electron chi connectivity index (χ3n) is 3.88. The molecule has 4 nitrogen and oxygen atoms in total. The number of hydrogen-bond acceptors (Lipinski definition) is 3. The van der Waals surface area contributed by atoms with Crippen molar-refractivity contribution in [2.24, 2.45) is 0 Å². The molecule has 1 fully saturated rings. The summed E-state index contributed by atoms with van der Waals surface area (Å²) in [5.41, 5.74) is 1.05. The van der Waals surface area contributed by atoms with Crippen molar-refractivity contribution in [2.75, 3.05) is 18.9 Å². The van der Waals surface area contributed by atoms with Gasteiger partial charge in [0.15, 0.2) is 0 Å². The van der Waals surface area contributed by atoms with E-state index in [-0.39, 0.29) is 18.4 Å². The minimum atomic E-state index is -3.23. The van der Waals surface area contributed by atoms with Crippen molar-refractivity contribution in [1.29, 1.82) is 0 Å². The van der Waals surface area contributed by atoms with Crippen LogP contribution in [0.2, 0.25) is 0 Å². The maximum Gasteiger partial charge on any atom is 0.214 e. The topological polar surface area (TPSA) is 57.6 Å². The van der Waals surface area contributed by atoms with Crippen LogP contribution in [0, 0.1) is 0 Å². The van der Waals surface area contributed by atoms with Gasteiger partial charge in [-0.25, -0.2) is 8.42 Å². The first-order valence-electron chi connectivity index (χ1n) is 7.28. The molecule has 1 atom stereocenters. The molecule has 1 aliphatic heterocycles. The number of hydrogen-bond donors (Lipinski definition) is 1. The molecular formula is C15H23NO3S. The van der Waals surface area contributed by atoms with Crippen molar-refractivity contribution in [3.05, 3.63) is 35.9 Å². The Morgan fingerprint density at radius 3 is 2.65 bits per heavy atom. The maximum atomic E-state index is 12.5. The molecule has 1 N–H and O–H groups in total. The summed E-state index contributed by atoms with van der Waals surface area (Å²) in [5, 5.41) is 9.09. The second kappa shape index (κ2) is 7.20. The smallest absolute Gasteiger partial charge is 0.214 e. The Labute approximate surface area is 121 Å². The Bertz CT molecular complexity index is 499. The fourth-order valence-electron chi connectivity index (χ4n) is 2.79. The van der Waals surface area contributed by atoms with Gasteiger partial charge >= 0.3 is 0 Å². The normalized spacial score (nSPS) is 20.9. The van der Waals surface area contributed by atoms with Crippen LogP contribution in [0.5, 0.6) is 0 Å². The molecule has 20 heavy (non-hydrogen) atoms. The number of nitrogens with zero attached hydrogens (tertiary/aromatic N) is 1. The van der Waals surface area contributed by atoms with E-state index >= 15 is 0 Å². The van der Waals surface area contributed by atoms with Crippen molar-refractivity contribution in [1.82, 2.24) is 4.31 Å². The van der Waals surface area contributed by atoms with E-state index in [1.807, 2.05) is 30.3 Å². The molecule has 1 aromatic rings. The van der Waals surface area contributed by atoms with E-state index in [9.17, 15) is 8.42 Å². The number of rotatable bonds is 6. The Morgan fingerprint density at radius 2 is 1.95 bits per heavy atom. The van der Waals surface area contributed by atoms with Crippen LogP contribution in [0.15, 0.2) is 30.3 Å². The summed E-state index contributed by atoms with van der Waals surface area (Å²) in [6.45, 7) is 0.650. The summed E-state index contributed by atoms with van der Waals surface area (Å²) in [5.74, 6) is 0.152. The van der Waals surface area contributed by atoms with Gasteiger partial charge in [-0.1, -0.05) is 36.8 Å². The maximum absolute atomic E-state index is 12.5. The van der Waals surface area contributed by atoms with Crippen molar-refractivity contribution < 1.29 is 13.5 Å². The Morgan fingerprint density at radius 1 is 1.20 bits per heavy atom. The van der Waals surface area contributed by atoms with Gasteiger partial charge in [0.1, 0.15) is 0 Å². The monoisotopic (exact) mass is 297 g/mol. The number of piperidine rings is 1. The molecule has 0 aliphatic carbocycles. The lowest BCUT2D eigenvalue weighted by Gasteiger charge is -2.34. The average molecular weight is 297 g/mol. The van der Waals surface area contributed by atoms with E-state index < -0.39 is 10.0 Å². The van der Waals surface area contributed by atoms with Gasteiger partial charge in [0.05, 0.1) is 5.75 Å². The van der Waals surface area contributed by atoms with E-state index in [2.05, 4.69) is 0 Å². The zero-order valence-electron chi connectivity index (χ0n) is 11.7. The van der Waals surface area contributed by atoms with E-state index in [1.54, 1.807) is 4.31 Å². The van der Waals surface area contributed by atoms with Crippen LogP contribution in [0.4, 0.5) is 0 Å². The fourth-order valence-corrected chi connectivity index (χ4v) is 4.59. The van der Waals surface area contributed by atoms with Gasteiger partial charge in [-0.2, -0.15) is 4.31 Å². The first-order chi connectivity index (χ1) is 9.63. The SMILES string of the molecule is O=S(=O)(CCc1ccccc1)N1CCCCC1CCO. The molecule has 112 valence electrons. The predicted molar refractivity (Wildman–Crippen MR) is 80.0 cm³/mol. The highest BCUT2D eigenvalue weighted by Gasteiger charge is 2.31. The van der Waals surface area contributed by atoms with Crippen molar-refractivity contribution in [3.63, 3.8) is 0 Å². The largest absolute Gasteiger partial charge is 0.396 e. The van der Waals surface area contributed by atoms with Gasteiger partial charge in [-0.15, -0.1) is 0 Å². The number of sulfonamides is 1. The van der Waals surface area contributed by atoms with Crippen molar-refractivity contribution >= 4 is 10.0 Å². The highest BCUT2D eigenvalue weighted by molar-refractivity contribution is 7.89. The van der Waals surface area contributed by atoms with Gasteiger partial charge in [0, 0.05) is 19.2 Å². The Hall–Kier alpha value is -0.910. The molecule has 0 radical (unpaired) electrons. The lowest BCUT2D eigenvalue weighted by atomic mass is 10.0. The molecule has 0 bridgehead atoms. The second-order valence-electron chi connectivity index (χ2n) is 5.32. The lowest BCUT2D eigenvalue weighted by Crippen LogP contribution is -2.45. The van der Waals surface area contributed by atoms with Gasteiger partial charge < -0.3 is 5.11 Å². The molecule has 0 amide bonds. The summed E-state index contributed by atoms with van der Waals surface area (Å²) in [4.78, 5) is 0. The number of aliphatic hydroxyl groups is 1. The summed E-state index contributed by atoms with van der Waals surface area (Å²) in [7, 11) is -3.23. The molecule has 1 aromatic carbocycles. The summed E-state index contributed by atoms with van der Waals surface area (Å²) in [6.07, 6.45) is 3.93. The zero-order valence-corrected chi connectivity index (χ0v) is 12.6. The zero-order chi connectivity index (χ0) is 14.4. The second-order valence-corrected chi connectivity index (χ2v) is 7.37. The molecule has 0 spiro atoms. The molecule has 1 heterocycles. The molecule has 2 rings (SSSR count). The molecular weight excluding hydrogens is 274 g/mol. The van der Waals surface area contributed by atoms with Crippen LogP contribution >= 0.6 is 0 Å². The van der Waals surface area contributed by atoms with Crippen LogP contribution in [0.25, 0.3) is 0 Å². The van der Waals surface area contributed by atoms with Crippen molar-refractivity contribution in [2.45, 2.75) is 38.1 Å². The van der Waals surface area contributed by atoms with E-state index in [4.69, 9.17) is 5.11 Å². The first-order valence-corrected chi connectivity index (χ1v) is 8.89. The van der Waals surface area contributed by atoms with Crippen LogP contribution < -0.4 is 0 Å². The molecule has 5 heteroatoms. The molecule has 1 saturated heterocycles. The van der Waals surface area contributed by atoms with E-state index in [0.29, 0.717) is 19.4 Å². The summed E-state index contributed by atoms with van der Waals surface area (Å²) >= 11 is 0. The van der Waals surface area contributed by atoms with Gasteiger partial charge in [-0.05, 0) is 31.2 Å². The minimum absolute atomic E-state index is 0.0190. The fraction of sp³-hybridized carbons (Fsp3) is 0.600. The van der Waals surface area contributed by atoms with Crippen LogP contribution in [0.1, 0.15) is 31.2 Å². The number of benzene rings is 1. The molecule has 0 saturated carbocycles. The number of aliphatic hydroxyl groups excluding tert-OH is 1. The Kier molecular flexibility index (Phi) is 5.57. The van der Waals surface area contributed by atoms with Gasteiger partial charge in [0.25, 0.3) is 0 Å². The summed E-state index contributed by atoms with van der Waals surface area (Å²) in [6, 6.07) is 9.68. The van der Waals surface area contributed by atoms with Gasteiger partial charge in [0.2, 0.25) is 10.0 Å². The van der Waals surface area contributed by atoms with E-state index in [1.165, 1.54) is 0 Å². The predicted octanol–water partition coefficient (Wildman–Crippen LogP) is 1.80. The van der Waals surface area contributed by atoms with Crippen LogP contribution in [-0.2, 0) is 16.4 Å². The Balaban J connectivity index is 2.01. The van der Waals surface area contributed by atoms with E-state index in [0.717, 1.165) is 24.8 Å². The highest BCUT2D eigenvalue weighted by Crippen LogP contribution is 2.23.